The molecule has 2 heterocycles. The van der Waals surface area contributed by atoms with Gasteiger partial charge in [-0.2, -0.15) is 0 Å². The number of pyridine rings is 1. The summed E-state index contributed by atoms with van der Waals surface area (Å²) in [6.45, 7) is 1.87. The number of halogens is 1. The maximum Gasteiger partial charge on any atom is 0.351 e. The lowest BCUT2D eigenvalue weighted by Crippen LogP contribution is -2.16. The van der Waals surface area contributed by atoms with Crippen LogP contribution in [0.2, 0.25) is 0 Å². The van der Waals surface area contributed by atoms with E-state index in [2.05, 4.69) is 4.98 Å². The van der Waals surface area contributed by atoms with Crippen LogP contribution < -0.4 is 5.63 Å². The topological polar surface area (TPSA) is 69.4 Å². The van der Waals surface area contributed by atoms with Gasteiger partial charge in [0.1, 0.15) is 11.1 Å². The van der Waals surface area contributed by atoms with E-state index in [9.17, 15) is 9.59 Å². The lowest BCUT2D eigenvalue weighted by atomic mass is 10.2. The van der Waals surface area contributed by atoms with Crippen LogP contribution in [0.15, 0.2) is 33.6 Å². The number of fused-ring (bicyclic) bond motifs is 1. The molecule has 2 aromatic rings. The van der Waals surface area contributed by atoms with Gasteiger partial charge in [0.2, 0.25) is 0 Å². The zero-order chi connectivity index (χ0) is 11.5. The zero-order valence-corrected chi connectivity index (χ0v) is 9.82. The van der Waals surface area contributed by atoms with Gasteiger partial charge in [-0.1, -0.05) is 0 Å². The predicted molar refractivity (Wildman–Crippen MR) is 63.5 cm³/mol. The van der Waals surface area contributed by atoms with Crippen LogP contribution in [0.1, 0.15) is 17.3 Å². The highest BCUT2D eigenvalue weighted by molar-refractivity contribution is 5.91. The van der Waals surface area contributed by atoms with Gasteiger partial charge in [0.25, 0.3) is 0 Å². The number of hydrogen-bond donors (Lipinski definition) is 0. The Balaban J connectivity index is 0.00000144. The van der Waals surface area contributed by atoms with Crippen LogP contribution in [0.4, 0.5) is 0 Å². The molecule has 90 valence electrons. The van der Waals surface area contributed by atoms with Gasteiger partial charge in [0, 0.05) is 6.20 Å². The maximum atomic E-state index is 11.5. The Morgan fingerprint density at radius 2 is 2.29 bits per heavy atom. The Morgan fingerprint density at radius 1 is 1.53 bits per heavy atom. The van der Waals surface area contributed by atoms with Gasteiger partial charge in [-0.25, -0.2) is 9.59 Å². The first-order valence-electron chi connectivity index (χ1n) is 4.78. The van der Waals surface area contributed by atoms with E-state index in [1.54, 1.807) is 25.3 Å². The van der Waals surface area contributed by atoms with Gasteiger partial charge >= 0.3 is 11.6 Å². The van der Waals surface area contributed by atoms with Crippen LogP contribution in [0, 0.1) is 0 Å². The molecule has 2 rings (SSSR count). The first-order chi connectivity index (χ1) is 7.72. The summed E-state index contributed by atoms with van der Waals surface area (Å²) in [5.41, 5.74) is -0.0438. The van der Waals surface area contributed by atoms with Crippen LogP contribution in [-0.2, 0) is 4.74 Å². The fraction of sp³-hybridized carbons (Fsp3) is 0.182. The molecule has 0 N–H and O–H groups in total. The summed E-state index contributed by atoms with van der Waals surface area (Å²) < 4.78 is 9.67. The molecule has 0 aliphatic rings. The summed E-state index contributed by atoms with van der Waals surface area (Å²) in [7, 11) is 0. The lowest BCUT2D eigenvalue weighted by molar-refractivity contribution is 0.0521. The van der Waals surface area contributed by atoms with Gasteiger partial charge in [-0.05, 0) is 25.1 Å². The Kier molecular flexibility index (Phi) is 4.23. The standard InChI is InChI=1S/C11H9NO4.ClH/c1-2-15-10(13)7-6-8-9(16-11(7)14)4-3-5-12-8;/h3-6H,2H2,1H3;1H. The molecule has 0 aliphatic heterocycles. The highest BCUT2D eigenvalue weighted by atomic mass is 35.5. The van der Waals surface area contributed by atoms with Gasteiger partial charge in [-0.3, -0.25) is 4.98 Å². The molecule has 0 aromatic carbocycles. The van der Waals surface area contributed by atoms with Crippen LogP contribution in [0.25, 0.3) is 11.1 Å². The summed E-state index contributed by atoms with van der Waals surface area (Å²) in [5.74, 6) is -0.691. The Morgan fingerprint density at radius 3 is 3.00 bits per heavy atom. The van der Waals surface area contributed by atoms with E-state index < -0.39 is 11.6 Å². The van der Waals surface area contributed by atoms with Crippen LogP contribution in [-0.4, -0.2) is 17.6 Å². The molecule has 0 bridgehead atoms. The van der Waals surface area contributed by atoms with Crippen molar-refractivity contribution in [1.82, 2.24) is 4.98 Å². The average Bonchev–Trinajstić information content (AvgIpc) is 2.28. The molecule has 17 heavy (non-hydrogen) atoms. The van der Waals surface area contributed by atoms with Gasteiger partial charge in [0.15, 0.2) is 5.58 Å². The third kappa shape index (κ3) is 2.62. The molecular weight excluding hydrogens is 246 g/mol. The van der Waals surface area contributed by atoms with E-state index in [-0.39, 0.29) is 24.6 Å². The maximum absolute atomic E-state index is 11.5. The smallest absolute Gasteiger partial charge is 0.351 e. The number of hydrogen-bond acceptors (Lipinski definition) is 5. The number of aromatic nitrogens is 1. The highest BCUT2D eigenvalue weighted by Crippen LogP contribution is 2.10. The molecule has 2 aromatic heterocycles. The number of ether oxygens (including phenoxy) is 1. The van der Waals surface area contributed by atoms with Crippen molar-refractivity contribution in [1.29, 1.82) is 0 Å². The highest BCUT2D eigenvalue weighted by Gasteiger charge is 2.14. The molecule has 0 atom stereocenters. The van der Waals surface area contributed by atoms with E-state index in [4.69, 9.17) is 9.15 Å². The average molecular weight is 256 g/mol. The zero-order valence-electron chi connectivity index (χ0n) is 9.00. The lowest BCUT2D eigenvalue weighted by Gasteiger charge is -2.00. The largest absolute Gasteiger partial charge is 0.462 e. The monoisotopic (exact) mass is 255 g/mol. The second kappa shape index (κ2) is 5.45. The first-order valence-corrected chi connectivity index (χ1v) is 4.78. The van der Waals surface area contributed by atoms with E-state index in [1.165, 1.54) is 6.07 Å². The van der Waals surface area contributed by atoms with E-state index in [0.29, 0.717) is 11.1 Å². The first kappa shape index (κ1) is 13.2. The second-order valence-corrected chi connectivity index (χ2v) is 3.05. The minimum Gasteiger partial charge on any atom is -0.462 e. The van der Waals surface area contributed by atoms with Crippen LogP contribution in [0.5, 0.6) is 0 Å². The molecule has 0 saturated carbocycles. The summed E-state index contributed by atoms with van der Waals surface area (Å²) in [6, 6.07) is 4.63. The number of nitrogens with zero attached hydrogens (tertiary/aromatic N) is 1. The van der Waals surface area contributed by atoms with Crippen molar-refractivity contribution in [3.05, 3.63) is 40.4 Å². The normalized spacial score (nSPS) is 9.71. The molecule has 0 fully saturated rings. The van der Waals surface area contributed by atoms with Crippen molar-refractivity contribution in [3.63, 3.8) is 0 Å². The van der Waals surface area contributed by atoms with Crippen molar-refractivity contribution in [3.8, 4) is 0 Å². The van der Waals surface area contributed by atoms with Crippen molar-refractivity contribution in [2.45, 2.75) is 6.92 Å². The minimum absolute atomic E-state index is 0. The minimum atomic E-state index is -0.709. The molecule has 0 spiro atoms. The van der Waals surface area contributed by atoms with E-state index in [0.717, 1.165) is 0 Å². The third-order valence-corrected chi connectivity index (χ3v) is 2.00. The number of esters is 1. The second-order valence-electron chi connectivity index (χ2n) is 3.05. The summed E-state index contributed by atoms with van der Waals surface area (Å²) in [5, 5.41) is 0. The molecule has 0 aliphatic carbocycles. The third-order valence-electron chi connectivity index (χ3n) is 2.00. The van der Waals surface area contributed by atoms with E-state index >= 15 is 0 Å². The molecular formula is C11H10ClNO4. The Labute approximate surface area is 103 Å². The van der Waals surface area contributed by atoms with Gasteiger partial charge < -0.3 is 9.15 Å². The number of carbonyl (C=O) groups excluding carboxylic acids is 1. The molecule has 6 heteroatoms. The van der Waals surface area contributed by atoms with Crippen molar-refractivity contribution < 1.29 is 13.9 Å². The summed E-state index contributed by atoms with van der Waals surface area (Å²) >= 11 is 0. The molecule has 0 unspecified atom stereocenters. The summed E-state index contributed by atoms with van der Waals surface area (Å²) in [4.78, 5) is 26.8. The number of carbonyl (C=O) groups is 1. The van der Waals surface area contributed by atoms with E-state index in [1.807, 2.05) is 0 Å². The van der Waals surface area contributed by atoms with Crippen molar-refractivity contribution >= 4 is 29.5 Å². The molecule has 0 saturated heterocycles. The van der Waals surface area contributed by atoms with Crippen LogP contribution in [0.3, 0.4) is 0 Å². The van der Waals surface area contributed by atoms with Crippen molar-refractivity contribution in [2.75, 3.05) is 6.61 Å². The molecule has 5 nitrogen and oxygen atoms in total. The number of rotatable bonds is 2. The quantitative estimate of drug-likeness (QED) is 0.765. The SMILES string of the molecule is CCOC(=O)c1cc2ncccc2oc1=O.Cl. The Hall–Kier alpha value is -1.88. The Bertz CT molecular complexity index is 593. The molecule has 0 amide bonds. The fourth-order valence-corrected chi connectivity index (χ4v) is 1.30. The summed E-state index contributed by atoms with van der Waals surface area (Å²) in [6.07, 6.45) is 1.55. The fourth-order valence-electron chi connectivity index (χ4n) is 1.30. The molecule has 0 radical (unpaired) electrons. The predicted octanol–water partition coefficient (Wildman–Crippen LogP) is 1.79. The van der Waals surface area contributed by atoms with Gasteiger partial charge in [-0.15, -0.1) is 12.4 Å². The van der Waals surface area contributed by atoms with Gasteiger partial charge in [0.05, 0.1) is 6.61 Å². The van der Waals surface area contributed by atoms with Crippen LogP contribution >= 0.6 is 12.4 Å². The van der Waals surface area contributed by atoms with Crippen molar-refractivity contribution in [2.24, 2.45) is 0 Å².